The Bertz CT molecular complexity index is 1330. The molecule has 0 amide bonds. The van der Waals surface area contributed by atoms with Crippen molar-refractivity contribution in [2.45, 2.75) is 41.7 Å². The SMILES string of the molecule is O=C([O-])CNc1c(F)cc(-c2nc(C(F)(F)C(F)(F)C(F)(F)C(F)(F)C(F)(F)C(F)(F)C(F)(F)F)no2)c(F)c1F.[K+]. The summed E-state index contributed by atoms with van der Waals surface area (Å²) in [5.41, 5.74) is -3.39. The van der Waals surface area contributed by atoms with Gasteiger partial charge in [0.05, 0.1) is 18.1 Å². The van der Waals surface area contributed by atoms with Gasteiger partial charge in [-0.15, -0.1) is 0 Å². The summed E-state index contributed by atoms with van der Waals surface area (Å²) in [7, 11) is 0. The Morgan fingerprint density at radius 3 is 1.67 bits per heavy atom. The maximum absolute atomic E-state index is 14.2. The Balaban J connectivity index is 0.00000882. The Hall–Kier alpha value is -1.99. The first-order valence-corrected chi connectivity index (χ1v) is 9.40. The molecule has 1 N–H and O–H groups in total. The minimum atomic E-state index is -8.61. The molecule has 6 nitrogen and oxygen atoms in total. The molecule has 42 heavy (non-hydrogen) atoms. The molecule has 1 aromatic heterocycles. The molecule has 0 bridgehead atoms. The van der Waals surface area contributed by atoms with Crippen LogP contribution in [-0.4, -0.2) is 58.4 Å². The largest absolute Gasteiger partial charge is 1.00 e. The van der Waals surface area contributed by atoms with Crippen molar-refractivity contribution in [1.29, 1.82) is 0 Å². The molecule has 2 aromatic rings. The predicted octanol–water partition coefficient (Wildman–Crippen LogP) is 2.15. The van der Waals surface area contributed by atoms with Crippen LogP contribution in [0.4, 0.5) is 84.7 Å². The standard InChI is InChI=1S/C17H5F18N3O3.K/c18-4-1-3(6(19)7(20)8(4)36-2-5(39)40)9-37-10(38-41-9)11(21,22)12(23,24)13(25,26)14(27,28)15(29,30)16(31,32)17(33,34)35;/h1,36H,2H2,(H,39,40);/q;+1/p-1. The molecule has 1 heterocycles. The molecule has 2 rings (SSSR count). The van der Waals surface area contributed by atoms with Gasteiger partial charge in [-0.25, -0.2) is 13.2 Å². The van der Waals surface area contributed by atoms with E-state index in [1.807, 2.05) is 5.16 Å². The summed E-state index contributed by atoms with van der Waals surface area (Å²) in [6, 6.07) is -0.286. The van der Waals surface area contributed by atoms with Gasteiger partial charge in [0.1, 0.15) is 11.5 Å². The molecular weight excluding hydrogens is 675 g/mol. The fourth-order valence-corrected chi connectivity index (χ4v) is 2.64. The smallest absolute Gasteiger partial charge is 0.548 e. The third-order valence-electron chi connectivity index (χ3n) is 4.83. The molecular formula is C17H4F18KN3O3. The molecule has 0 saturated carbocycles. The van der Waals surface area contributed by atoms with Crippen molar-refractivity contribution in [3.63, 3.8) is 0 Å². The van der Waals surface area contributed by atoms with E-state index in [4.69, 9.17) is 0 Å². The van der Waals surface area contributed by atoms with Crippen LogP contribution in [0.15, 0.2) is 10.6 Å². The number of rotatable bonds is 10. The van der Waals surface area contributed by atoms with Gasteiger partial charge in [-0.1, -0.05) is 5.16 Å². The molecule has 0 unspecified atom stereocenters. The first-order chi connectivity index (χ1) is 18.1. The summed E-state index contributed by atoms with van der Waals surface area (Å²) in [4.78, 5) is 12.4. The zero-order chi connectivity index (χ0) is 32.4. The van der Waals surface area contributed by atoms with E-state index in [1.54, 1.807) is 0 Å². The number of nitrogens with one attached hydrogen (secondary N) is 1. The van der Waals surface area contributed by atoms with Gasteiger partial charge in [-0.3, -0.25) is 0 Å². The molecule has 0 aliphatic carbocycles. The number of hydrogen-bond acceptors (Lipinski definition) is 6. The van der Waals surface area contributed by atoms with Crippen molar-refractivity contribution in [3.8, 4) is 11.5 Å². The van der Waals surface area contributed by atoms with Crippen LogP contribution in [0.2, 0.25) is 0 Å². The Kier molecular flexibility index (Phi) is 10.4. The molecule has 0 radical (unpaired) electrons. The number of hydrogen-bond donors (Lipinski definition) is 1. The van der Waals surface area contributed by atoms with Crippen molar-refractivity contribution in [3.05, 3.63) is 29.3 Å². The van der Waals surface area contributed by atoms with E-state index in [2.05, 4.69) is 9.51 Å². The number of carbonyl (C=O) groups is 1. The number of nitrogens with zero attached hydrogens (tertiary/aromatic N) is 2. The van der Waals surface area contributed by atoms with Crippen LogP contribution in [0, 0.1) is 17.5 Å². The summed E-state index contributed by atoms with van der Waals surface area (Å²) in [5, 5.41) is 13.6. The fraction of sp³-hybridized carbons (Fsp3) is 0.471. The Morgan fingerprint density at radius 1 is 0.762 bits per heavy atom. The van der Waals surface area contributed by atoms with Gasteiger partial charge in [0.2, 0.25) is 5.82 Å². The second-order valence-corrected chi connectivity index (χ2v) is 7.50. The topological polar surface area (TPSA) is 91.1 Å². The first kappa shape index (κ1) is 38.0. The van der Waals surface area contributed by atoms with E-state index in [1.165, 1.54) is 5.32 Å². The predicted molar refractivity (Wildman–Crippen MR) is 87.8 cm³/mol. The van der Waals surface area contributed by atoms with Crippen LogP contribution >= 0.6 is 0 Å². The number of carboxylic acids is 1. The van der Waals surface area contributed by atoms with Crippen LogP contribution in [0.3, 0.4) is 0 Å². The monoisotopic (exact) mass is 679 g/mol. The van der Waals surface area contributed by atoms with E-state index in [-0.39, 0.29) is 57.5 Å². The average molecular weight is 679 g/mol. The molecule has 0 fully saturated rings. The van der Waals surface area contributed by atoms with Gasteiger partial charge in [0.15, 0.2) is 11.6 Å². The second kappa shape index (κ2) is 11.5. The molecule has 1 aromatic carbocycles. The Morgan fingerprint density at radius 2 is 1.21 bits per heavy atom. The van der Waals surface area contributed by atoms with Crippen molar-refractivity contribution in [2.24, 2.45) is 0 Å². The van der Waals surface area contributed by atoms with Crippen LogP contribution < -0.4 is 61.8 Å². The average Bonchev–Trinajstić information content (AvgIpc) is 3.30. The molecule has 0 saturated heterocycles. The maximum Gasteiger partial charge on any atom is 1.00 e. The quantitative estimate of drug-likeness (QED) is 0.236. The van der Waals surface area contributed by atoms with Gasteiger partial charge in [0.25, 0.3) is 5.89 Å². The molecule has 0 aliphatic rings. The van der Waals surface area contributed by atoms with E-state index >= 15 is 0 Å². The number of carbonyl (C=O) groups excluding carboxylic acids is 1. The van der Waals surface area contributed by atoms with Gasteiger partial charge in [0, 0.05) is 0 Å². The van der Waals surface area contributed by atoms with E-state index in [0.29, 0.717) is 0 Å². The molecule has 0 atom stereocenters. The summed E-state index contributed by atoms with van der Waals surface area (Å²) in [6.45, 7) is -1.37. The normalized spacial score (nSPS) is 14.0. The maximum atomic E-state index is 14.2. The molecule has 25 heteroatoms. The zero-order valence-electron chi connectivity index (χ0n) is 19.2. The number of anilines is 1. The second-order valence-electron chi connectivity index (χ2n) is 7.50. The van der Waals surface area contributed by atoms with Crippen molar-refractivity contribution >= 4 is 11.7 Å². The van der Waals surface area contributed by atoms with Crippen LogP contribution in [0.25, 0.3) is 11.5 Å². The number of carboxylic acid groups (broad SMARTS) is 1. The third-order valence-corrected chi connectivity index (χ3v) is 4.83. The van der Waals surface area contributed by atoms with Gasteiger partial charge < -0.3 is 19.7 Å². The summed E-state index contributed by atoms with van der Waals surface area (Å²) >= 11 is 0. The minimum absolute atomic E-state index is 0. The van der Waals surface area contributed by atoms with Gasteiger partial charge in [-0.05, 0) is 6.07 Å². The molecule has 0 spiro atoms. The first-order valence-electron chi connectivity index (χ1n) is 9.40. The fourth-order valence-electron chi connectivity index (χ4n) is 2.64. The number of halogens is 18. The summed E-state index contributed by atoms with van der Waals surface area (Å²) in [5.74, 6) is -63.2. The van der Waals surface area contributed by atoms with Crippen molar-refractivity contribution in [2.75, 3.05) is 11.9 Å². The number of alkyl halides is 15. The molecule has 232 valence electrons. The Labute approximate surface area is 259 Å². The summed E-state index contributed by atoms with van der Waals surface area (Å²) in [6.07, 6.45) is -7.80. The van der Waals surface area contributed by atoms with Gasteiger partial charge >= 0.3 is 93.1 Å². The van der Waals surface area contributed by atoms with Crippen LogP contribution in [0.5, 0.6) is 0 Å². The van der Waals surface area contributed by atoms with Crippen molar-refractivity contribution < 1.29 is 145 Å². The third kappa shape index (κ3) is 5.65. The minimum Gasteiger partial charge on any atom is -0.548 e. The van der Waals surface area contributed by atoms with Crippen molar-refractivity contribution in [1.82, 2.24) is 10.1 Å². The number of aliphatic carboxylic acids is 1. The summed E-state index contributed by atoms with van der Waals surface area (Å²) < 4.78 is 246. The van der Waals surface area contributed by atoms with Gasteiger partial charge in [-0.2, -0.15) is 70.8 Å². The molecule has 0 aliphatic heterocycles. The van der Waals surface area contributed by atoms with E-state index in [9.17, 15) is 88.9 Å². The van der Waals surface area contributed by atoms with Crippen LogP contribution in [-0.2, 0) is 10.7 Å². The number of aromatic nitrogens is 2. The van der Waals surface area contributed by atoms with Crippen LogP contribution in [0.1, 0.15) is 5.82 Å². The number of benzene rings is 1. The zero-order valence-corrected chi connectivity index (χ0v) is 22.3. The van der Waals surface area contributed by atoms with E-state index < -0.39 is 94.6 Å². The van der Waals surface area contributed by atoms with E-state index in [0.717, 1.165) is 0 Å².